The zero-order valence-corrected chi connectivity index (χ0v) is 15.8. The van der Waals surface area contributed by atoms with Crippen molar-refractivity contribution in [3.63, 3.8) is 0 Å². The Bertz CT molecular complexity index is 383. The van der Waals surface area contributed by atoms with Crippen molar-refractivity contribution >= 4 is 5.96 Å². The summed E-state index contributed by atoms with van der Waals surface area (Å²) >= 11 is 0. The Morgan fingerprint density at radius 1 is 1.20 bits per heavy atom. The van der Waals surface area contributed by atoms with Crippen LogP contribution < -0.4 is 10.6 Å². The summed E-state index contributed by atoms with van der Waals surface area (Å²) < 4.78 is 37.4. The van der Waals surface area contributed by atoms with E-state index >= 15 is 0 Å². The van der Waals surface area contributed by atoms with Gasteiger partial charge in [-0.1, -0.05) is 13.8 Å². The number of hydrogen-bond acceptors (Lipinski definition) is 3. The van der Waals surface area contributed by atoms with Gasteiger partial charge in [0.2, 0.25) is 0 Å². The number of unbranched alkanes of at least 4 members (excludes halogenated alkanes) is 1. The molecule has 0 saturated carbocycles. The van der Waals surface area contributed by atoms with E-state index in [-0.39, 0.29) is 6.04 Å². The van der Waals surface area contributed by atoms with Gasteiger partial charge >= 0.3 is 6.18 Å². The molecule has 1 saturated heterocycles. The lowest BCUT2D eigenvalue weighted by Crippen LogP contribution is -2.45. The molecule has 1 aliphatic rings. The molecule has 0 spiro atoms. The van der Waals surface area contributed by atoms with Crippen LogP contribution in [0.4, 0.5) is 13.2 Å². The van der Waals surface area contributed by atoms with Crippen LogP contribution in [0.3, 0.4) is 0 Å². The van der Waals surface area contributed by atoms with Crippen molar-refractivity contribution in [3.8, 4) is 0 Å². The second kappa shape index (κ2) is 11.6. The molecular weight excluding hydrogens is 331 g/mol. The van der Waals surface area contributed by atoms with Crippen molar-refractivity contribution in [2.45, 2.75) is 52.3 Å². The molecular formula is C17H34F3N5. The monoisotopic (exact) mass is 365 g/mol. The third kappa shape index (κ3) is 9.89. The predicted molar refractivity (Wildman–Crippen MR) is 97.0 cm³/mol. The molecule has 1 atom stereocenters. The average Bonchev–Trinajstić information content (AvgIpc) is 2.96. The maximum atomic E-state index is 12.5. The number of aliphatic imine (C=N–C) groups is 1. The highest BCUT2D eigenvalue weighted by atomic mass is 19.4. The lowest BCUT2D eigenvalue weighted by atomic mass is 10.2. The van der Waals surface area contributed by atoms with E-state index in [1.807, 2.05) is 6.92 Å². The smallest absolute Gasteiger partial charge is 0.357 e. The van der Waals surface area contributed by atoms with Crippen molar-refractivity contribution < 1.29 is 13.2 Å². The third-order valence-corrected chi connectivity index (χ3v) is 4.41. The molecule has 0 aliphatic carbocycles. The van der Waals surface area contributed by atoms with Crippen molar-refractivity contribution in [2.75, 3.05) is 52.4 Å². The average molecular weight is 365 g/mol. The number of halogens is 3. The predicted octanol–water partition coefficient (Wildman–Crippen LogP) is 2.30. The molecule has 0 radical (unpaired) electrons. The molecule has 0 amide bonds. The summed E-state index contributed by atoms with van der Waals surface area (Å²) in [6.45, 7) is 11.1. The summed E-state index contributed by atoms with van der Waals surface area (Å²) in [5.74, 6) is 0.712. The Hall–Kier alpha value is -1.02. The summed E-state index contributed by atoms with van der Waals surface area (Å²) in [4.78, 5) is 8.40. The molecule has 2 N–H and O–H groups in total. The Labute approximate surface area is 150 Å². The highest BCUT2D eigenvalue weighted by molar-refractivity contribution is 5.80. The van der Waals surface area contributed by atoms with E-state index in [1.54, 1.807) is 0 Å². The first-order chi connectivity index (χ1) is 11.9. The lowest BCUT2D eigenvalue weighted by Gasteiger charge is -2.20. The minimum atomic E-state index is -4.13. The van der Waals surface area contributed by atoms with Crippen LogP contribution in [0.15, 0.2) is 4.99 Å². The van der Waals surface area contributed by atoms with Crippen molar-refractivity contribution in [3.05, 3.63) is 0 Å². The van der Waals surface area contributed by atoms with Gasteiger partial charge in [0.1, 0.15) is 0 Å². The Morgan fingerprint density at radius 2 is 1.92 bits per heavy atom. The number of nitrogens with one attached hydrogen (secondary N) is 2. The van der Waals surface area contributed by atoms with Gasteiger partial charge in [-0.25, -0.2) is 0 Å². The fourth-order valence-corrected chi connectivity index (χ4v) is 3.04. The van der Waals surface area contributed by atoms with Gasteiger partial charge in [-0.05, 0) is 45.8 Å². The molecule has 25 heavy (non-hydrogen) atoms. The Kier molecular flexibility index (Phi) is 10.2. The normalized spacial score (nSPS) is 19.6. The number of rotatable bonds is 10. The molecule has 0 bridgehead atoms. The molecule has 0 aromatic carbocycles. The zero-order valence-electron chi connectivity index (χ0n) is 15.8. The highest BCUT2D eigenvalue weighted by Crippen LogP contribution is 2.19. The molecule has 1 aliphatic heterocycles. The van der Waals surface area contributed by atoms with E-state index in [1.165, 1.54) is 4.90 Å². The fraction of sp³-hybridized carbons (Fsp3) is 0.941. The maximum Gasteiger partial charge on any atom is 0.401 e. The Morgan fingerprint density at radius 3 is 2.52 bits per heavy atom. The molecule has 1 rings (SSSR count). The number of nitrogens with zero attached hydrogens (tertiary/aromatic N) is 3. The number of likely N-dealkylation sites (tertiary alicyclic amines) is 1. The quantitative estimate of drug-likeness (QED) is 0.354. The van der Waals surface area contributed by atoms with Gasteiger partial charge in [-0.2, -0.15) is 13.2 Å². The summed E-state index contributed by atoms with van der Waals surface area (Å²) in [7, 11) is 0. The van der Waals surface area contributed by atoms with Gasteiger partial charge in [0.25, 0.3) is 0 Å². The van der Waals surface area contributed by atoms with Crippen LogP contribution in [-0.4, -0.2) is 80.3 Å². The van der Waals surface area contributed by atoms with E-state index in [0.29, 0.717) is 25.5 Å². The summed E-state index contributed by atoms with van der Waals surface area (Å²) in [6, 6.07) is 0.0239. The van der Waals surface area contributed by atoms with E-state index in [4.69, 9.17) is 0 Å². The summed E-state index contributed by atoms with van der Waals surface area (Å²) in [5.41, 5.74) is 0. The van der Waals surface area contributed by atoms with Gasteiger partial charge in [0.15, 0.2) is 5.96 Å². The SMILES string of the molecule is CCNC(=NCCCCN(CC)CC)NC1CCN(CC(F)(F)F)C1. The van der Waals surface area contributed by atoms with Gasteiger partial charge in [-0.15, -0.1) is 0 Å². The molecule has 0 aromatic heterocycles. The van der Waals surface area contributed by atoms with Crippen LogP contribution in [0.1, 0.15) is 40.0 Å². The lowest BCUT2D eigenvalue weighted by molar-refractivity contribution is -0.143. The summed E-state index contributed by atoms with van der Waals surface area (Å²) in [5, 5.41) is 6.46. The molecule has 0 aromatic rings. The standard InChI is InChI=1S/C17H34F3N5/c1-4-21-16(22-10-7-8-11-24(5-2)6-3)23-15-9-12-25(13-15)14-17(18,19)20/h15H,4-14H2,1-3H3,(H2,21,22,23). The van der Waals surface area contributed by atoms with Gasteiger partial charge in [0.05, 0.1) is 6.54 Å². The van der Waals surface area contributed by atoms with Gasteiger partial charge in [-0.3, -0.25) is 9.89 Å². The van der Waals surface area contributed by atoms with Gasteiger partial charge < -0.3 is 15.5 Å². The van der Waals surface area contributed by atoms with E-state index in [9.17, 15) is 13.2 Å². The first kappa shape index (κ1) is 22.0. The topological polar surface area (TPSA) is 42.9 Å². The highest BCUT2D eigenvalue weighted by Gasteiger charge is 2.34. The second-order valence-electron chi connectivity index (χ2n) is 6.47. The number of guanidine groups is 1. The fourth-order valence-electron chi connectivity index (χ4n) is 3.04. The van der Waals surface area contributed by atoms with Crippen LogP contribution in [0.25, 0.3) is 0 Å². The van der Waals surface area contributed by atoms with Crippen LogP contribution in [0, 0.1) is 0 Å². The van der Waals surface area contributed by atoms with Gasteiger partial charge in [0, 0.05) is 32.2 Å². The third-order valence-electron chi connectivity index (χ3n) is 4.41. The molecule has 1 unspecified atom stereocenters. The van der Waals surface area contributed by atoms with Crippen molar-refractivity contribution in [2.24, 2.45) is 4.99 Å². The van der Waals surface area contributed by atoms with Crippen LogP contribution in [0.5, 0.6) is 0 Å². The summed E-state index contributed by atoms with van der Waals surface area (Å²) in [6.07, 6.45) is -1.30. The van der Waals surface area contributed by atoms with E-state index in [0.717, 1.165) is 45.6 Å². The maximum absolute atomic E-state index is 12.5. The van der Waals surface area contributed by atoms with E-state index in [2.05, 4.69) is 34.4 Å². The Balaban J connectivity index is 2.33. The minimum Gasteiger partial charge on any atom is -0.357 e. The second-order valence-corrected chi connectivity index (χ2v) is 6.47. The van der Waals surface area contributed by atoms with Crippen LogP contribution in [0.2, 0.25) is 0 Å². The van der Waals surface area contributed by atoms with Crippen LogP contribution in [-0.2, 0) is 0 Å². The molecule has 1 heterocycles. The number of hydrogen-bond donors (Lipinski definition) is 2. The van der Waals surface area contributed by atoms with Crippen molar-refractivity contribution in [1.29, 1.82) is 0 Å². The minimum absolute atomic E-state index is 0.0239. The zero-order chi connectivity index (χ0) is 18.7. The van der Waals surface area contributed by atoms with Crippen molar-refractivity contribution in [1.82, 2.24) is 20.4 Å². The largest absolute Gasteiger partial charge is 0.401 e. The van der Waals surface area contributed by atoms with Crippen LogP contribution >= 0.6 is 0 Å². The molecule has 1 fully saturated rings. The molecule has 5 nitrogen and oxygen atoms in total. The molecule has 148 valence electrons. The molecule has 8 heteroatoms. The van der Waals surface area contributed by atoms with E-state index < -0.39 is 12.7 Å². The first-order valence-corrected chi connectivity index (χ1v) is 9.44. The first-order valence-electron chi connectivity index (χ1n) is 9.44. The number of alkyl halides is 3.